The quantitative estimate of drug-likeness (QED) is 0.0878. The Morgan fingerprint density at radius 1 is 0.750 bits per heavy atom. The first-order valence-corrected chi connectivity index (χ1v) is 10.2. The molecule has 0 aromatic heterocycles. The van der Waals surface area contributed by atoms with Gasteiger partial charge in [-0.25, -0.2) is 0 Å². The largest absolute Gasteiger partial charge is 0.464 e. The molecular formula is C21H40O3. The zero-order valence-corrected chi connectivity index (χ0v) is 16.2. The second kappa shape index (κ2) is 20.2. The molecule has 0 heterocycles. The zero-order chi connectivity index (χ0) is 17.7. The topological polar surface area (TPSA) is 35.5 Å². The van der Waals surface area contributed by atoms with Crippen LogP contribution in [0.3, 0.4) is 0 Å². The molecule has 3 heteroatoms. The van der Waals surface area contributed by atoms with Crippen LogP contribution in [-0.4, -0.2) is 19.7 Å². The fourth-order valence-corrected chi connectivity index (χ4v) is 2.64. The van der Waals surface area contributed by atoms with Crippen molar-refractivity contribution < 1.29 is 14.3 Å². The van der Waals surface area contributed by atoms with Crippen molar-refractivity contribution in [3.05, 3.63) is 11.8 Å². The number of aldehydes is 1. The molecule has 0 rings (SSSR count). The Morgan fingerprint density at radius 2 is 1.29 bits per heavy atom. The van der Waals surface area contributed by atoms with E-state index in [9.17, 15) is 4.79 Å². The second-order valence-corrected chi connectivity index (χ2v) is 6.57. The lowest BCUT2D eigenvalue weighted by molar-refractivity contribution is -0.111. The van der Waals surface area contributed by atoms with Gasteiger partial charge in [0, 0.05) is 0 Å². The van der Waals surface area contributed by atoms with Crippen molar-refractivity contribution >= 4 is 6.29 Å². The standard InChI is InChI=1S/C21H40O3/c1-3-5-7-9-10-11-12-13-14-15-17-21(19-22)24-20-23-18-16-8-6-4-2/h17,19H,3-16,18,20H2,1-2H3. The highest BCUT2D eigenvalue weighted by molar-refractivity contribution is 5.69. The van der Waals surface area contributed by atoms with Crippen molar-refractivity contribution in [3.63, 3.8) is 0 Å². The van der Waals surface area contributed by atoms with Crippen LogP contribution in [0.15, 0.2) is 11.8 Å². The minimum absolute atomic E-state index is 0.189. The SMILES string of the molecule is CCCCCCCCCCCC=C(C=O)OCOCCCCCC. The van der Waals surface area contributed by atoms with Gasteiger partial charge in [0.2, 0.25) is 0 Å². The van der Waals surface area contributed by atoms with Crippen LogP contribution in [0.1, 0.15) is 104 Å². The van der Waals surface area contributed by atoms with Gasteiger partial charge in [0.25, 0.3) is 0 Å². The summed E-state index contributed by atoms with van der Waals surface area (Å²) in [5.74, 6) is 0.420. The molecule has 0 atom stereocenters. The van der Waals surface area contributed by atoms with Gasteiger partial charge in [-0.15, -0.1) is 0 Å². The van der Waals surface area contributed by atoms with E-state index in [-0.39, 0.29) is 6.79 Å². The molecule has 0 unspecified atom stereocenters. The van der Waals surface area contributed by atoms with E-state index in [1.165, 1.54) is 70.6 Å². The number of carbonyl (C=O) groups is 1. The molecule has 0 saturated carbocycles. The van der Waals surface area contributed by atoms with Crippen LogP contribution in [0.5, 0.6) is 0 Å². The summed E-state index contributed by atoms with van der Waals surface area (Å²) in [5, 5.41) is 0. The van der Waals surface area contributed by atoms with Crippen molar-refractivity contribution in [2.45, 2.75) is 104 Å². The summed E-state index contributed by atoms with van der Waals surface area (Å²) in [6.07, 6.45) is 20.2. The van der Waals surface area contributed by atoms with Gasteiger partial charge in [0.15, 0.2) is 18.8 Å². The van der Waals surface area contributed by atoms with Gasteiger partial charge in [0.1, 0.15) is 0 Å². The van der Waals surface area contributed by atoms with Gasteiger partial charge in [-0.1, -0.05) is 84.5 Å². The van der Waals surface area contributed by atoms with E-state index in [0.29, 0.717) is 12.4 Å². The molecule has 0 N–H and O–H groups in total. The van der Waals surface area contributed by atoms with Gasteiger partial charge in [-0.2, -0.15) is 0 Å². The van der Waals surface area contributed by atoms with Crippen molar-refractivity contribution in [2.75, 3.05) is 13.4 Å². The number of hydrogen-bond acceptors (Lipinski definition) is 3. The summed E-state index contributed by atoms with van der Waals surface area (Å²) in [6.45, 7) is 5.35. The monoisotopic (exact) mass is 340 g/mol. The number of ether oxygens (including phenoxy) is 2. The molecule has 0 fully saturated rings. The molecule has 0 amide bonds. The maximum Gasteiger partial charge on any atom is 0.189 e. The summed E-state index contributed by atoms with van der Waals surface area (Å²) in [7, 11) is 0. The average Bonchev–Trinajstić information content (AvgIpc) is 2.60. The van der Waals surface area contributed by atoms with E-state index in [4.69, 9.17) is 9.47 Å². The third kappa shape index (κ3) is 17.5. The van der Waals surface area contributed by atoms with Gasteiger partial charge in [-0.3, -0.25) is 4.79 Å². The van der Waals surface area contributed by atoms with Crippen LogP contribution < -0.4 is 0 Å². The normalized spacial score (nSPS) is 11.7. The van der Waals surface area contributed by atoms with E-state index in [1.54, 1.807) is 0 Å². The highest BCUT2D eigenvalue weighted by Crippen LogP contribution is 2.11. The summed E-state index contributed by atoms with van der Waals surface area (Å²) < 4.78 is 10.7. The summed E-state index contributed by atoms with van der Waals surface area (Å²) in [4.78, 5) is 11.0. The molecule has 142 valence electrons. The van der Waals surface area contributed by atoms with E-state index in [2.05, 4.69) is 13.8 Å². The van der Waals surface area contributed by atoms with Crippen LogP contribution in [0.2, 0.25) is 0 Å². The van der Waals surface area contributed by atoms with Crippen molar-refractivity contribution in [2.24, 2.45) is 0 Å². The van der Waals surface area contributed by atoms with Crippen molar-refractivity contribution in [3.8, 4) is 0 Å². The number of unbranched alkanes of at least 4 members (excludes halogenated alkanes) is 12. The maximum absolute atomic E-state index is 11.0. The van der Waals surface area contributed by atoms with E-state index < -0.39 is 0 Å². The lowest BCUT2D eigenvalue weighted by atomic mass is 10.1. The number of allylic oxidation sites excluding steroid dienone is 2. The molecule has 0 aliphatic heterocycles. The lowest BCUT2D eigenvalue weighted by Crippen LogP contribution is -2.02. The molecule has 0 saturated heterocycles. The third-order valence-corrected chi connectivity index (χ3v) is 4.22. The minimum atomic E-state index is 0.189. The summed E-state index contributed by atoms with van der Waals surface area (Å²) >= 11 is 0. The molecule has 0 radical (unpaired) electrons. The smallest absolute Gasteiger partial charge is 0.189 e. The van der Waals surface area contributed by atoms with Crippen LogP contribution in [0.4, 0.5) is 0 Å². The molecule has 0 bridgehead atoms. The zero-order valence-electron chi connectivity index (χ0n) is 16.2. The number of carbonyl (C=O) groups excluding carboxylic acids is 1. The average molecular weight is 341 g/mol. The van der Waals surface area contributed by atoms with Gasteiger partial charge in [-0.05, 0) is 25.3 Å². The van der Waals surface area contributed by atoms with Crippen LogP contribution >= 0.6 is 0 Å². The predicted molar refractivity (Wildman–Crippen MR) is 102 cm³/mol. The van der Waals surface area contributed by atoms with E-state index >= 15 is 0 Å². The molecule has 0 spiro atoms. The molecule has 0 aromatic carbocycles. The lowest BCUT2D eigenvalue weighted by Gasteiger charge is -2.06. The van der Waals surface area contributed by atoms with Crippen LogP contribution in [0, 0.1) is 0 Å². The summed E-state index contributed by atoms with van der Waals surface area (Å²) in [5.41, 5.74) is 0. The Hall–Kier alpha value is -0.830. The van der Waals surface area contributed by atoms with Crippen LogP contribution in [-0.2, 0) is 14.3 Å². The van der Waals surface area contributed by atoms with E-state index in [0.717, 1.165) is 25.5 Å². The summed E-state index contributed by atoms with van der Waals surface area (Å²) in [6, 6.07) is 0. The Labute approximate surface area is 150 Å². The Balaban J connectivity index is 3.42. The highest BCUT2D eigenvalue weighted by Gasteiger charge is 1.97. The maximum atomic E-state index is 11.0. The Kier molecular flexibility index (Phi) is 19.5. The Bertz CT molecular complexity index is 287. The third-order valence-electron chi connectivity index (χ3n) is 4.22. The molecule has 3 nitrogen and oxygen atoms in total. The Morgan fingerprint density at radius 3 is 1.88 bits per heavy atom. The molecule has 0 aliphatic rings. The van der Waals surface area contributed by atoms with Gasteiger partial charge >= 0.3 is 0 Å². The first-order valence-electron chi connectivity index (χ1n) is 10.2. The molecule has 0 aliphatic carbocycles. The minimum Gasteiger partial charge on any atom is -0.464 e. The highest BCUT2D eigenvalue weighted by atomic mass is 16.7. The first-order chi connectivity index (χ1) is 11.8. The first kappa shape index (κ1) is 23.2. The fourth-order valence-electron chi connectivity index (χ4n) is 2.64. The van der Waals surface area contributed by atoms with E-state index in [1.807, 2.05) is 6.08 Å². The number of hydrogen-bond donors (Lipinski definition) is 0. The van der Waals surface area contributed by atoms with Crippen molar-refractivity contribution in [1.82, 2.24) is 0 Å². The molecule has 24 heavy (non-hydrogen) atoms. The second-order valence-electron chi connectivity index (χ2n) is 6.57. The predicted octanol–water partition coefficient (Wildman–Crippen LogP) is 6.56. The van der Waals surface area contributed by atoms with Crippen molar-refractivity contribution in [1.29, 1.82) is 0 Å². The molecule has 0 aromatic rings. The van der Waals surface area contributed by atoms with Crippen LogP contribution in [0.25, 0.3) is 0 Å². The van der Waals surface area contributed by atoms with Gasteiger partial charge < -0.3 is 9.47 Å². The fraction of sp³-hybridized carbons (Fsp3) is 0.857. The van der Waals surface area contributed by atoms with Gasteiger partial charge in [0.05, 0.1) is 6.61 Å². The molecular weight excluding hydrogens is 300 g/mol. The number of rotatable bonds is 19.